The Hall–Kier alpha value is -1.91. The maximum absolute atomic E-state index is 10.6. The third-order valence-corrected chi connectivity index (χ3v) is 4.35. The van der Waals surface area contributed by atoms with Gasteiger partial charge in [-0.2, -0.15) is 0 Å². The van der Waals surface area contributed by atoms with Gasteiger partial charge in [0.25, 0.3) is 0 Å². The number of carbonyl (C=O) groups excluding carboxylic acids is 1. The Labute approximate surface area is 151 Å². The fraction of sp³-hybridized carbons (Fsp3) is 0.650. The van der Waals surface area contributed by atoms with Crippen LogP contribution in [0.15, 0.2) is 6.07 Å². The van der Waals surface area contributed by atoms with Crippen LogP contribution in [0.4, 0.5) is 0 Å². The summed E-state index contributed by atoms with van der Waals surface area (Å²) in [7, 11) is 3.11. The minimum Gasteiger partial charge on any atom is -0.504 e. The number of methoxy groups -OCH3 is 2. The van der Waals surface area contributed by atoms with E-state index in [0.717, 1.165) is 43.2 Å². The van der Waals surface area contributed by atoms with E-state index < -0.39 is 0 Å². The molecule has 0 saturated heterocycles. The lowest BCUT2D eigenvalue weighted by Gasteiger charge is -2.15. The summed E-state index contributed by atoms with van der Waals surface area (Å²) in [5.41, 5.74) is 1.97. The van der Waals surface area contributed by atoms with Gasteiger partial charge in [0.2, 0.25) is 5.75 Å². The third-order valence-electron chi connectivity index (χ3n) is 4.35. The van der Waals surface area contributed by atoms with Gasteiger partial charge in [0.15, 0.2) is 11.5 Å². The van der Waals surface area contributed by atoms with E-state index in [4.69, 9.17) is 14.2 Å². The molecule has 0 bridgehead atoms. The van der Waals surface area contributed by atoms with Crippen molar-refractivity contribution in [2.75, 3.05) is 20.8 Å². The van der Waals surface area contributed by atoms with Crippen LogP contribution in [0, 0.1) is 6.92 Å². The van der Waals surface area contributed by atoms with E-state index in [2.05, 4.69) is 0 Å². The van der Waals surface area contributed by atoms with Gasteiger partial charge in [-0.15, -0.1) is 0 Å². The molecule has 1 N–H and O–H groups in total. The number of aromatic hydroxyl groups is 1. The maximum atomic E-state index is 10.6. The zero-order chi connectivity index (χ0) is 18.7. The average Bonchev–Trinajstić information content (AvgIpc) is 2.58. The summed E-state index contributed by atoms with van der Waals surface area (Å²) in [5, 5.41) is 10.4. The fourth-order valence-corrected chi connectivity index (χ4v) is 2.96. The Morgan fingerprint density at radius 2 is 1.60 bits per heavy atom. The first-order chi connectivity index (χ1) is 12.0. The Balaban J connectivity index is 2.27. The summed E-state index contributed by atoms with van der Waals surface area (Å²) in [4.78, 5) is 10.6. The molecule has 1 aromatic rings. The van der Waals surface area contributed by atoms with Crippen LogP contribution in [0.5, 0.6) is 17.2 Å². The van der Waals surface area contributed by atoms with E-state index in [0.29, 0.717) is 18.1 Å². The van der Waals surface area contributed by atoms with Crippen molar-refractivity contribution in [3.8, 4) is 17.2 Å². The van der Waals surface area contributed by atoms with E-state index in [-0.39, 0.29) is 11.7 Å². The van der Waals surface area contributed by atoms with Gasteiger partial charge in [-0.25, -0.2) is 0 Å². The Morgan fingerprint density at radius 3 is 2.16 bits per heavy atom. The molecule has 5 nitrogen and oxygen atoms in total. The number of ether oxygens (including phenoxy) is 3. The number of hydrogen-bond acceptors (Lipinski definition) is 5. The number of carbonyl (C=O) groups is 1. The summed E-state index contributed by atoms with van der Waals surface area (Å²) in [6.45, 7) is 3.96. The normalized spacial score (nSPS) is 10.6. The van der Waals surface area contributed by atoms with Crippen LogP contribution in [-0.2, 0) is 16.0 Å². The van der Waals surface area contributed by atoms with Gasteiger partial charge < -0.3 is 19.3 Å². The van der Waals surface area contributed by atoms with Gasteiger partial charge in [0, 0.05) is 12.5 Å². The van der Waals surface area contributed by atoms with Gasteiger partial charge in [0.1, 0.15) is 0 Å². The fourth-order valence-electron chi connectivity index (χ4n) is 2.96. The third kappa shape index (κ3) is 7.24. The molecule has 0 heterocycles. The van der Waals surface area contributed by atoms with Gasteiger partial charge in [0.05, 0.1) is 20.8 Å². The summed E-state index contributed by atoms with van der Waals surface area (Å²) >= 11 is 0. The number of hydrogen-bond donors (Lipinski definition) is 1. The van der Waals surface area contributed by atoms with Gasteiger partial charge in [-0.05, 0) is 37.8 Å². The van der Waals surface area contributed by atoms with Gasteiger partial charge in [-0.3, -0.25) is 4.79 Å². The molecule has 0 unspecified atom stereocenters. The second-order valence-corrected chi connectivity index (χ2v) is 6.32. The largest absolute Gasteiger partial charge is 0.504 e. The van der Waals surface area contributed by atoms with Crippen molar-refractivity contribution in [3.63, 3.8) is 0 Å². The molecule has 0 radical (unpaired) electrons. The van der Waals surface area contributed by atoms with Crippen molar-refractivity contribution in [2.45, 2.75) is 65.2 Å². The number of unbranched alkanes of at least 4 members (excludes halogenated alkanes) is 6. The predicted molar refractivity (Wildman–Crippen MR) is 98.6 cm³/mol. The van der Waals surface area contributed by atoms with Gasteiger partial charge in [-0.1, -0.05) is 32.1 Å². The molecule has 0 aliphatic carbocycles. The van der Waals surface area contributed by atoms with Crippen molar-refractivity contribution in [3.05, 3.63) is 17.2 Å². The number of rotatable bonds is 12. The molecule has 0 fully saturated rings. The lowest BCUT2D eigenvalue weighted by molar-refractivity contribution is -0.141. The number of phenols is 1. The standard InChI is InChI=1S/C20H32O5/c1-15-14-18(23-3)20(24-4)19(22)17(15)12-10-8-6-5-7-9-11-13-25-16(2)21/h14,22H,5-13H2,1-4H3. The first kappa shape index (κ1) is 21.1. The average molecular weight is 352 g/mol. The van der Waals surface area contributed by atoms with Crippen LogP contribution in [0.25, 0.3) is 0 Å². The van der Waals surface area contributed by atoms with Crippen LogP contribution in [0.1, 0.15) is 63.0 Å². The molecular weight excluding hydrogens is 320 g/mol. The maximum Gasteiger partial charge on any atom is 0.302 e. The van der Waals surface area contributed by atoms with E-state index in [1.807, 2.05) is 13.0 Å². The molecule has 0 aliphatic rings. The Kier molecular flexibility index (Phi) is 9.81. The highest BCUT2D eigenvalue weighted by Gasteiger charge is 2.16. The molecule has 0 spiro atoms. The first-order valence-corrected chi connectivity index (χ1v) is 9.08. The quantitative estimate of drug-likeness (QED) is 0.441. The molecule has 1 aromatic carbocycles. The van der Waals surface area contributed by atoms with Crippen LogP contribution in [0.2, 0.25) is 0 Å². The summed E-state index contributed by atoms with van der Waals surface area (Å²) in [5.74, 6) is 0.976. The molecule has 0 saturated carbocycles. The SMILES string of the molecule is COc1cc(C)c(CCCCCCCCCOC(C)=O)c(O)c1OC. The van der Waals surface area contributed by atoms with E-state index in [1.54, 1.807) is 7.11 Å². The van der Waals surface area contributed by atoms with E-state index in [1.165, 1.54) is 33.3 Å². The zero-order valence-corrected chi connectivity index (χ0v) is 16.0. The Morgan fingerprint density at radius 1 is 1.00 bits per heavy atom. The molecule has 0 aromatic heterocycles. The minimum absolute atomic E-state index is 0.199. The lowest BCUT2D eigenvalue weighted by Crippen LogP contribution is -2.00. The van der Waals surface area contributed by atoms with Crippen LogP contribution < -0.4 is 9.47 Å². The lowest BCUT2D eigenvalue weighted by atomic mass is 9.99. The topological polar surface area (TPSA) is 65.0 Å². The molecule has 0 atom stereocenters. The molecular formula is C20H32O5. The number of esters is 1. The van der Waals surface area contributed by atoms with Crippen LogP contribution in [-0.4, -0.2) is 31.9 Å². The minimum atomic E-state index is -0.200. The highest BCUT2D eigenvalue weighted by atomic mass is 16.5. The smallest absolute Gasteiger partial charge is 0.302 e. The number of aryl methyl sites for hydroxylation is 1. The monoisotopic (exact) mass is 352 g/mol. The summed E-state index contributed by atoms with van der Waals surface area (Å²) < 4.78 is 15.4. The summed E-state index contributed by atoms with van der Waals surface area (Å²) in [6.07, 6.45) is 8.60. The van der Waals surface area contributed by atoms with E-state index in [9.17, 15) is 9.90 Å². The van der Waals surface area contributed by atoms with Crippen LogP contribution >= 0.6 is 0 Å². The second kappa shape index (κ2) is 11.6. The molecule has 0 amide bonds. The molecule has 142 valence electrons. The van der Waals surface area contributed by atoms with E-state index >= 15 is 0 Å². The highest BCUT2D eigenvalue weighted by molar-refractivity contribution is 5.65. The molecule has 0 aliphatic heterocycles. The number of benzene rings is 1. The second-order valence-electron chi connectivity index (χ2n) is 6.32. The van der Waals surface area contributed by atoms with Crippen molar-refractivity contribution in [2.24, 2.45) is 0 Å². The van der Waals surface area contributed by atoms with Crippen LogP contribution in [0.3, 0.4) is 0 Å². The predicted octanol–water partition coefficient (Wildman–Crippen LogP) is 4.55. The van der Waals surface area contributed by atoms with Crippen molar-refractivity contribution >= 4 is 5.97 Å². The van der Waals surface area contributed by atoms with Crippen molar-refractivity contribution < 1.29 is 24.1 Å². The molecule has 1 rings (SSSR count). The van der Waals surface area contributed by atoms with Crippen molar-refractivity contribution in [1.29, 1.82) is 0 Å². The summed E-state index contributed by atoms with van der Waals surface area (Å²) in [6, 6.07) is 1.91. The van der Waals surface area contributed by atoms with Crippen molar-refractivity contribution in [1.82, 2.24) is 0 Å². The highest BCUT2D eigenvalue weighted by Crippen LogP contribution is 2.41. The number of phenolic OH excluding ortho intramolecular Hbond substituents is 1. The Bertz CT molecular complexity index is 539. The molecule has 5 heteroatoms. The van der Waals surface area contributed by atoms with Gasteiger partial charge >= 0.3 is 5.97 Å². The molecule has 25 heavy (non-hydrogen) atoms. The zero-order valence-electron chi connectivity index (χ0n) is 16.0. The first-order valence-electron chi connectivity index (χ1n) is 9.08.